The fourth-order valence-electron chi connectivity index (χ4n) is 5.13. The average Bonchev–Trinajstić information content (AvgIpc) is 3.49. The zero-order chi connectivity index (χ0) is 22.2. The molecule has 2 aliphatic heterocycles. The number of benzene rings is 1. The van der Waals surface area contributed by atoms with Gasteiger partial charge in [-0.15, -0.1) is 0 Å². The Labute approximate surface area is 195 Å². The Balaban J connectivity index is 1.58. The summed E-state index contributed by atoms with van der Waals surface area (Å²) < 4.78 is 8.32. The molecule has 1 N–H and O–H groups in total. The first kappa shape index (κ1) is 21.2. The number of pyridine rings is 1. The number of rotatable bonds is 5. The fraction of sp³-hybridized carbons (Fsp3) is 0.385. The molecule has 0 radical (unpaired) electrons. The molecule has 166 valence electrons. The molecule has 4 heterocycles. The van der Waals surface area contributed by atoms with Gasteiger partial charge in [0.1, 0.15) is 0 Å². The van der Waals surface area contributed by atoms with Gasteiger partial charge in [-0.3, -0.25) is 4.98 Å². The number of hydrogen-bond acceptors (Lipinski definition) is 3. The molecule has 2 aliphatic rings. The van der Waals surface area contributed by atoms with Crippen LogP contribution in [0, 0.1) is 20.8 Å². The van der Waals surface area contributed by atoms with Crippen molar-refractivity contribution in [2.45, 2.75) is 51.8 Å². The maximum absolute atomic E-state index is 5.98. The lowest BCUT2D eigenvalue weighted by molar-refractivity contribution is 0.0842. The Bertz CT molecular complexity index is 1100. The molecular weight excluding hydrogens is 416 g/mol. The number of nitrogens with zero attached hydrogens (tertiary/aromatic N) is 3. The molecule has 0 aliphatic carbocycles. The number of ether oxygens (including phenoxy) is 1. The first-order valence-electron chi connectivity index (χ1n) is 11.4. The topological polar surface area (TPSA) is 42.3 Å². The lowest BCUT2D eigenvalue weighted by atomic mass is 9.96. The zero-order valence-corrected chi connectivity index (χ0v) is 19.7. The summed E-state index contributed by atoms with van der Waals surface area (Å²) in [5.74, 6) is 0. The van der Waals surface area contributed by atoms with Crippen LogP contribution in [0.5, 0.6) is 0 Å². The monoisotopic (exact) mass is 446 g/mol. The van der Waals surface area contributed by atoms with Crippen molar-refractivity contribution in [3.05, 3.63) is 82.9 Å². The molecule has 6 heteroatoms. The standard InChI is InChI=1S/C26H30N4OS/c1-17-9-11-20(12-10-17)30-18(2)15-22(19(30)3)25-24(23-8-4-5-13-27-23)28-26(32)29(25)16-21-7-6-14-31-21/h4-5,8-13,15,21,24-25H,6-7,14,16H2,1-3H3,(H,28,32)/t21-,24-,25-/m0/s1. The Hall–Kier alpha value is -2.70. The van der Waals surface area contributed by atoms with Crippen LogP contribution in [-0.4, -0.2) is 38.8 Å². The molecule has 0 unspecified atom stereocenters. The van der Waals surface area contributed by atoms with Crippen LogP contribution in [0.3, 0.4) is 0 Å². The molecule has 2 aromatic heterocycles. The van der Waals surface area contributed by atoms with Crippen molar-refractivity contribution in [3.63, 3.8) is 0 Å². The van der Waals surface area contributed by atoms with Crippen LogP contribution >= 0.6 is 12.2 Å². The van der Waals surface area contributed by atoms with Crippen LogP contribution < -0.4 is 5.32 Å². The molecule has 32 heavy (non-hydrogen) atoms. The third-order valence-corrected chi connectivity index (χ3v) is 7.06. The molecule has 3 aromatic rings. The maximum atomic E-state index is 5.98. The molecule has 1 aromatic carbocycles. The highest BCUT2D eigenvalue weighted by atomic mass is 32.1. The quantitative estimate of drug-likeness (QED) is 0.562. The summed E-state index contributed by atoms with van der Waals surface area (Å²) in [6.45, 7) is 8.15. The van der Waals surface area contributed by atoms with E-state index >= 15 is 0 Å². The van der Waals surface area contributed by atoms with E-state index in [9.17, 15) is 0 Å². The van der Waals surface area contributed by atoms with Gasteiger partial charge in [-0.25, -0.2) is 0 Å². The van der Waals surface area contributed by atoms with Crippen LogP contribution in [0.2, 0.25) is 0 Å². The van der Waals surface area contributed by atoms with Gasteiger partial charge in [0.15, 0.2) is 5.11 Å². The SMILES string of the molecule is Cc1ccc(-n2c(C)cc([C@H]3[C@H](c4ccccn4)NC(=S)N3C[C@@H]3CCCO3)c2C)cc1. The van der Waals surface area contributed by atoms with Gasteiger partial charge in [0.05, 0.1) is 23.9 Å². The Morgan fingerprint density at radius 3 is 2.62 bits per heavy atom. The molecule has 0 spiro atoms. The van der Waals surface area contributed by atoms with E-state index in [1.165, 1.54) is 28.2 Å². The van der Waals surface area contributed by atoms with Crippen molar-refractivity contribution in [1.82, 2.24) is 19.8 Å². The Kier molecular flexibility index (Phi) is 5.74. The van der Waals surface area contributed by atoms with E-state index < -0.39 is 0 Å². The van der Waals surface area contributed by atoms with Gasteiger partial charge in [0.25, 0.3) is 0 Å². The van der Waals surface area contributed by atoms with Crippen molar-refractivity contribution in [2.75, 3.05) is 13.2 Å². The van der Waals surface area contributed by atoms with Gasteiger partial charge in [0.2, 0.25) is 0 Å². The highest BCUT2D eigenvalue weighted by Crippen LogP contribution is 2.41. The summed E-state index contributed by atoms with van der Waals surface area (Å²) in [4.78, 5) is 7.00. The van der Waals surface area contributed by atoms with Crippen molar-refractivity contribution < 1.29 is 4.74 Å². The highest BCUT2D eigenvalue weighted by molar-refractivity contribution is 7.80. The third kappa shape index (κ3) is 3.82. The first-order valence-corrected chi connectivity index (χ1v) is 11.8. The smallest absolute Gasteiger partial charge is 0.170 e. The number of aromatic nitrogens is 2. The van der Waals surface area contributed by atoms with Gasteiger partial charge in [-0.2, -0.15) is 0 Å². The highest BCUT2D eigenvalue weighted by Gasteiger charge is 2.42. The van der Waals surface area contributed by atoms with Crippen molar-refractivity contribution in [1.29, 1.82) is 0 Å². The second kappa shape index (κ2) is 8.68. The van der Waals surface area contributed by atoms with Crippen LogP contribution in [0.4, 0.5) is 0 Å². The minimum absolute atomic E-state index is 0.00271. The largest absolute Gasteiger partial charge is 0.376 e. The van der Waals surface area contributed by atoms with E-state index in [-0.39, 0.29) is 18.2 Å². The minimum Gasteiger partial charge on any atom is -0.376 e. The second-order valence-corrected chi connectivity index (χ2v) is 9.30. The van der Waals surface area contributed by atoms with Crippen LogP contribution in [0.25, 0.3) is 5.69 Å². The normalized spacial score (nSPS) is 23.0. The summed E-state index contributed by atoms with van der Waals surface area (Å²) in [6, 6.07) is 17.2. The lowest BCUT2D eigenvalue weighted by Crippen LogP contribution is -2.36. The van der Waals surface area contributed by atoms with E-state index in [2.05, 4.69) is 76.9 Å². The molecular formula is C26H30N4OS. The maximum Gasteiger partial charge on any atom is 0.170 e. The fourth-order valence-corrected chi connectivity index (χ4v) is 5.44. The Morgan fingerprint density at radius 1 is 1.12 bits per heavy atom. The first-order chi connectivity index (χ1) is 15.5. The van der Waals surface area contributed by atoms with Gasteiger partial charge < -0.3 is 19.5 Å². The van der Waals surface area contributed by atoms with Crippen molar-refractivity contribution in [3.8, 4) is 5.69 Å². The van der Waals surface area contributed by atoms with Crippen molar-refractivity contribution in [2.24, 2.45) is 0 Å². The second-order valence-electron chi connectivity index (χ2n) is 8.91. The van der Waals surface area contributed by atoms with Gasteiger partial charge in [-0.1, -0.05) is 23.8 Å². The molecule has 3 atom stereocenters. The number of thiocarbonyl (C=S) groups is 1. The molecule has 5 rings (SSSR count). The summed E-state index contributed by atoms with van der Waals surface area (Å²) in [7, 11) is 0. The van der Waals surface area contributed by atoms with Crippen molar-refractivity contribution >= 4 is 17.3 Å². The van der Waals surface area contributed by atoms with Gasteiger partial charge in [0, 0.05) is 36.4 Å². The lowest BCUT2D eigenvalue weighted by Gasteiger charge is -2.30. The number of hydrogen-bond donors (Lipinski definition) is 1. The molecule has 0 saturated carbocycles. The summed E-state index contributed by atoms with van der Waals surface area (Å²) in [6.07, 6.45) is 4.28. The van der Waals surface area contributed by atoms with E-state index in [4.69, 9.17) is 17.0 Å². The zero-order valence-electron chi connectivity index (χ0n) is 18.9. The van der Waals surface area contributed by atoms with Gasteiger partial charge >= 0.3 is 0 Å². The summed E-state index contributed by atoms with van der Waals surface area (Å²) in [5.41, 5.74) is 7.20. The van der Waals surface area contributed by atoms with Gasteiger partial charge in [-0.05, 0) is 81.7 Å². The Morgan fingerprint density at radius 2 is 1.94 bits per heavy atom. The number of nitrogens with one attached hydrogen (secondary N) is 1. The molecule has 0 bridgehead atoms. The van der Waals surface area contributed by atoms with E-state index in [0.29, 0.717) is 0 Å². The van der Waals surface area contributed by atoms with Crippen LogP contribution in [-0.2, 0) is 4.74 Å². The summed E-state index contributed by atoms with van der Waals surface area (Å²) in [5, 5.41) is 4.35. The minimum atomic E-state index is -0.00271. The number of aryl methyl sites for hydroxylation is 2. The van der Waals surface area contributed by atoms with E-state index in [1.807, 2.05) is 18.3 Å². The predicted molar refractivity (Wildman–Crippen MR) is 131 cm³/mol. The molecule has 5 nitrogen and oxygen atoms in total. The molecule has 2 saturated heterocycles. The van der Waals surface area contributed by atoms with Crippen LogP contribution in [0.1, 0.15) is 53.1 Å². The van der Waals surface area contributed by atoms with Crippen LogP contribution in [0.15, 0.2) is 54.7 Å². The predicted octanol–water partition coefficient (Wildman–Crippen LogP) is 4.95. The molecule has 2 fully saturated rings. The van der Waals surface area contributed by atoms with E-state index in [1.54, 1.807) is 0 Å². The average molecular weight is 447 g/mol. The summed E-state index contributed by atoms with van der Waals surface area (Å²) >= 11 is 5.84. The third-order valence-electron chi connectivity index (χ3n) is 6.70. The van der Waals surface area contributed by atoms with E-state index in [0.717, 1.165) is 36.8 Å². The molecule has 0 amide bonds.